The van der Waals surface area contributed by atoms with Gasteiger partial charge in [-0.05, 0) is 48.9 Å². The topological polar surface area (TPSA) is 115 Å². The molecule has 0 atom stereocenters. The van der Waals surface area contributed by atoms with Gasteiger partial charge in [-0.25, -0.2) is 12.7 Å². The predicted molar refractivity (Wildman–Crippen MR) is 106 cm³/mol. The number of benzene rings is 2. The van der Waals surface area contributed by atoms with Crippen molar-refractivity contribution in [3.05, 3.63) is 54.4 Å². The number of hydrogen-bond acceptors (Lipinski definition) is 7. The van der Waals surface area contributed by atoms with Crippen LogP contribution in [-0.2, 0) is 14.8 Å². The van der Waals surface area contributed by atoms with Gasteiger partial charge in [-0.15, -0.1) is 10.2 Å². The van der Waals surface area contributed by atoms with E-state index in [0.29, 0.717) is 22.9 Å². The summed E-state index contributed by atoms with van der Waals surface area (Å²) >= 11 is 0. The molecule has 0 aliphatic rings. The molecule has 2 aromatic carbocycles. The molecule has 0 unspecified atom stereocenters. The number of anilines is 1. The summed E-state index contributed by atoms with van der Waals surface area (Å²) in [6, 6.07) is 11.5. The smallest absolute Gasteiger partial charge is 0.262 e. The minimum Gasteiger partial charge on any atom is -0.484 e. The van der Waals surface area contributed by atoms with Crippen LogP contribution < -0.4 is 10.1 Å². The van der Waals surface area contributed by atoms with Crippen molar-refractivity contribution in [3.63, 3.8) is 0 Å². The van der Waals surface area contributed by atoms with Gasteiger partial charge in [-0.2, -0.15) is 0 Å². The molecular weight excluding hydrogens is 396 g/mol. The van der Waals surface area contributed by atoms with Crippen LogP contribution in [0.25, 0.3) is 11.5 Å². The van der Waals surface area contributed by atoms with E-state index in [4.69, 9.17) is 9.15 Å². The summed E-state index contributed by atoms with van der Waals surface area (Å²) in [5.41, 5.74) is 1.69. The third-order valence-electron chi connectivity index (χ3n) is 4.06. The van der Waals surface area contributed by atoms with Gasteiger partial charge in [0.1, 0.15) is 5.75 Å². The molecule has 0 saturated heterocycles. The second-order valence-electron chi connectivity index (χ2n) is 6.37. The van der Waals surface area contributed by atoms with Gasteiger partial charge in [0.2, 0.25) is 22.3 Å². The summed E-state index contributed by atoms with van der Waals surface area (Å²) < 4.78 is 36.5. The van der Waals surface area contributed by atoms with Crippen LogP contribution in [0.3, 0.4) is 0 Å². The number of sulfonamides is 1. The van der Waals surface area contributed by atoms with Gasteiger partial charge in [0.15, 0.2) is 6.61 Å². The Morgan fingerprint density at radius 2 is 1.90 bits per heavy atom. The number of carbonyl (C=O) groups excluding carboxylic acids is 1. The summed E-state index contributed by atoms with van der Waals surface area (Å²) in [5, 5.41) is 10.1. The Balaban J connectivity index is 1.62. The van der Waals surface area contributed by atoms with Crippen molar-refractivity contribution < 1.29 is 22.4 Å². The zero-order valence-corrected chi connectivity index (χ0v) is 16.9. The number of aryl methyl sites for hydroxylation is 1. The third-order valence-corrected chi connectivity index (χ3v) is 6.02. The van der Waals surface area contributed by atoms with E-state index >= 15 is 0 Å². The van der Waals surface area contributed by atoms with Gasteiger partial charge in [0.25, 0.3) is 5.91 Å². The first-order chi connectivity index (χ1) is 13.8. The monoisotopic (exact) mass is 416 g/mol. The second-order valence-corrected chi connectivity index (χ2v) is 8.49. The van der Waals surface area contributed by atoms with Gasteiger partial charge >= 0.3 is 0 Å². The van der Waals surface area contributed by atoms with Crippen LogP contribution in [0.4, 0.5) is 5.69 Å². The van der Waals surface area contributed by atoms with E-state index in [-0.39, 0.29) is 11.5 Å². The summed E-state index contributed by atoms with van der Waals surface area (Å²) in [6.45, 7) is 1.46. The van der Waals surface area contributed by atoms with Crippen molar-refractivity contribution in [3.8, 4) is 17.2 Å². The molecular formula is C19H20N4O5S. The number of aromatic nitrogens is 2. The summed E-state index contributed by atoms with van der Waals surface area (Å²) in [5.74, 6) is 0.461. The highest BCUT2D eigenvalue weighted by Gasteiger charge is 2.20. The van der Waals surface area contributed by atoms with Crippen molar-refractivity contribution in [1.82, 2.24) is 14.5 Å². The molecule has 29 heavy (non-hydrogen) atoms. The molecule has 1 amide bonds. The molecule has 0 aliphatic heterocycles. The summed E-state index contributed by atoms with van der Waals surface area (Å²) in [7, 11) is -0.698. The van der Waals surface area contributed by atoms with E-state index in [1.54, 1.807) is 43.3 Å². The van der Waals surface area contributed by atoms with Gasteiger partial charge < -0.3 is 14.5 Å². The average molecular weight is 416 g/mol. The fourth-order valence-electron chi connectivity index (χ4n) is 2.49. The highest BCUT2D eigenvalue weighted by molar-refractivity contribution is 7.89. The van der Waals surface area contributed by atoms with E-state index in [1.807, 2.05) is 0 Å². The molecule has 10 heteroatoms. The van der Waals surface area contributed by atoms with Crippen LogP contribution in [0.1, 0.15) is 5.56 Å². The van der Waals surface area contributed by atoms with Crippen molar-refractivity contribution >= 4 is 21.6 Å². The van der Waals surface area contributed by atoms with Gasteiger partial charge in [0.05, 0.1) is 4.90 Å². The van der Waals surface area contributed by atoms with E-state index in [0.717, 1.165) is 9.87 Å². The van der Waals surface area contributed by atoms with Crippen molar-refractivity contribution in [2.75, 3.05) is 26.0 Å². The van der Waals surface area contributed by atoms with Crippen LogP contribution in [-0.4, -0.2) is 49.5 Å². The maximum Gasteiger partial charge on any atom is 0.262 e. The van der Waals surface area contributed by atoms with Gasteiger partial charge in [-0.3, -0.25) is 4.79 Å². The first-order valence-corrected chi connectivity index (χ1v) is 10.0. The van der Waals surface area contributed by atoms with E-state index < -0.39 is 15.9 Å². The molecule has 0 spiro atoms. The molecule has 0 bridgehead atoms. The SMILES string of the molecule is Cc1ccc(NC(=O)COc2ccc(-c3nnco3)cc2)cc1S(=O)(=O)N(C)C. The van der Waals surface area contributed by atoms with Gasteiger partial charge in [-0.1, -0.05) is 6.07 Å². The van der Waals surface area contributed by atoms with Crippen LogP contribution in [0, 0.1) is 6.92 Å². The molecule has 3 aromatic rings. The first kappa shape index (κ1) is 20.5. The van der Waals surface area contributed by atoms with Crippen LogP contribution in [0.2, 0.25) is 0 Å². The number of amides is 1. The molecule has 0 aliphatic carbocycles. The quantitative estimate of drug-likeness (QED) is 0.628. The third kappa shape index (κ3) is 4.79. The Hall–Kier alpha value is -3.24. The lowest BCUT2D eigenvalue weighted by molar-refractivity contribution is -0.118. The minimum atomic E-state index is -3.61. The normalized spacial score (nSPS) is 11.4. The number of nitrogens with one attached hydrogen (secondary N) is 1. The van der Waals surface area contributed by atoms with Crippen LogP contribution in [0.15, 0.2) is 58.2 Å². The molecule has 0 fully saturated rings. The van der Waals surface area contributed by atoms with Crippen LogP contribution in [0.5, 0.6) is 5.75 Å². The lowest BCUT2D eigenvalue weighted by Crippen LogP contribution is -2.24. The van der Waals surface area contributed by atoms with E-state index in [1.165, 1.54) is 26.6 Å². The Kier molecular flexibility index (Phi) is 5.95. The van der Waals surface area contributed by atoms with Crippen molar-refractivity contribution in [1.29, 1.82) is 0 Å². The Labute approximate surface area is 168 Å². The van der Waals surface area contributed by atoms with E-state index in [2.05, 4.69) is 15.5 Å². The Bertz CT molecular complexity index is 1090. The minimum absolute atomic E-state index is 0.137. The number of rotatable bonds is 7. The molecule has 1 aromatic heterocycles. The predicted octanol–water partition coefficient (Wildman–Crippen LogP) is 2.31. The molecule has 0 radical (unpaired) electrons. The molecule has 1 heterocycles. The number of nitrogens with zero attached hydrogens (tertiary/aromatic N) is 3. The first-order valence-electron chi connectivity index (χ1n) is 8.60. The van der Waals surface area contributed by atoms with Gasteiger partial charge in [0, 0.05) is 25.3 Å². The summed E-state index contributed by atoms with van der Waals surface area (Å²) in [6.07, 6.45) is 1.24. The number of hydrogen-bond donors (Lipinski definition) is 1. The standard InChI is InChI=1S/C19H20N4O5S/c1-13-4-7-15(10-17(13)29(25,26)23(2)3)21-18(24)11-27-16-8-5-14(6-9-16)19-22-20-12-28-19/h4-10,12H,11H2,1-3H3,(H,21,24). The highest BCUT2D eigenvalue weighted by atomic mass is 32.2. The Morgan fingerprint density at radius 1 is 1.17 bits per heavy atom. The molecule has 1 N–H and O–H groups in total. The largest absolute Gasteiger partial charge is 0.484 e. The number of ether oxygens (including phenoxy) is 1. The van der Waals surface area contributed by atoms with Crippen LogP contribution >= 0.6 is 0 Å². The number of carbonyl (C=O) groups is 1. The second kappa shape index (κ2) is 8.41. The van der Waals surface area contributed by atoms with Crippen molar-refractivity contribution in [2.45, 2.75) is 11.8 Å². The maximum atomic E-state index is 12.4. The maximum absolute atomic E-state index is 12.4. The lowest BCUT2D eigenvalue weighted by Gasteiger charge is -2.15. The average Bonchev–Trinajstić information content (AvgIpc) is 3.23. The molecule has 3 rings (SSSR count). The fourth-order valence-corrected chi connectivity index (χ4v) is 3.64. The Morgan fingerprint density at radius 3 is 2.52 bits per heavy atom. The van der Waals surface area contributed by atoms with E-state index in [9.17, 15) is 13.2 Å². The molecule has 0 saturated carbocycles. The zero-order valence-electron chi connectivity index (χ0n) is 16.1. The molecule has 9 nitrogen and oxygen atoms in total. The fraction of sp³-hybridized carbons (Fsp3) is 0.211. The lowest BCUT2D eigenvalue weighted by atomic mass is 10.2. The molecule has 152 valence electrons. The highest BCUT2D eigenvalue weighted by Crippen LogP contribution is 2.23. The summed E-state index contributed by atoms with van der Waals surface area (Å²) in [4.78, 5) is 12.3. The van der Waals surface area contributed by atoms with Crippen molar-refractivity contribution in [2.24, 2.45) is 0 Å². The zero-order chi connectivity index (χ0) is 21.0.